The van der Waals surface area contributed by atoms with E-state index in [0.717, 1.165) is 38.2 Å². The molecule has 1 amide bonds. The summed E-state index contributed by atoms with van der Waals surface area (Å²) in [5, 5.41) is 34.6. The first kappa shape index (κ1) is 22.6. The number of aromatic nitrogens is 6. The van der Waals surface area contributed by atoms with Crippen molar-refractivity contribution in [3.05, 3.63) is 35.7 Å². The van der Waals surface area contributed by atoms with Crippen LogP contribution in [0.5, 0.6) is 5.88 Å². The molecule has 35 heavy (non-hydrogen) atoms. The molecule has 1 aliphatic rings. The summed E-state index contributed by atoms with van der Waals surface area (Å²) in [5.74, 6) is -0.640. The van der Waals surface area contributed by atoms with Crippen molar-refractivity contribution in [1.82, 2.24) is 39.7 Å². The predicted molar refractivity (Wildman–Crippen MR) is 124 cm³/mol. The van der Waals surface area contributed by atoms with Crippen LogP contribution >= 0.6 is 0 Å². The summed E-state index contributed by atoms with van der Waals surface area (Å²) >= 11 is 0. The van der Waals surface area contributed by atoms with Gasteiger partial charge in [-0.1, -0.05) is 30.3 Å². The number of hydrogen-bond donors (Lipinski definition) is 2. The summed E-state index contributed by atoms with van der Waals surface area (Å²) in [4.78, 5) is 17.7. The molecule has 0 unspecified atom stereocenters. The van der Waals surface area contributed by atoms with Gasteiger partial charge in [-0.3, -0.25) is 9.69 Å². The van der Waals surface area contributed by atoms with E-state index in [9.17, 15) is 9.90 Å². The highest BCUT2D eigenvalue weighted by atomic mass is 16.6. The number of nitrogens with two attached hydrogens (primary N) is 1. The maximum absolute atomic E-state index is 13.1. The molecular formula is C21H25N11O3. The molecule has 0 saturated carbocycles. The van der Waals surface area contributed by atoms with Gasteiger partial charge in [0.15, 0.2) is 11.4 Å². The molecule has 14 heteroatoms. The second kappa shape index (κ2) is 9.23. The van der Waals surface area contributed by atoms with Gasteiger partial charge >= 0.3 is 5.91 Å². The lowest BCUT2D eigenvalue weighted by Gasteiger charge is -2.33. The summed E-state index contributed by atoms with van der Waals surface area (Å²) < 4.78 is 7.63. The Bertz CT molecular complexity index is 1390. The second-order valence-electron chi connectivity index (χ2n) is 8.23. The standard InChI is InChI=1S/C21H25N11O3/c1-3-30-8-10-31(11-9-30)12-15-17(24-28-32(15)19-18(22)26-35-27-19)20(33)25-23-16-13-6-4-5-7-14(13)29(2)21(16)34/h4-7,34H,3,8-12H2,1-2H3,(H2,22,26). The lowest BCUT2D eigenvalue weighted by atomic mass is 10.2. The molecular weight excluding hydrogens is 454 g/mol. The van der Waals surface area contributed by atoms with Gasteiger partial charge in [0.25, 0.3) is 0 Å². The molecule has 1 aromatic carbocycles. The second-order valence-corrected chi connectivity index (χ2v) is 8.23. The fourth-order valence-corrected chi connectivity index (χ4v) is 4.19. The number of para-hydroxylation sites is 1. The van der Waals surface area contributed by atoms with E-state index in [1.807, 2.05) is 18.2 Å². The number of hydrogen-bond acceptors (Lipinski definition) is 11. The molecule has 1 saturated heterocycles. The third kappa shape index (κ3) is 4.13. The SMILES string of the molecule is CCN1CCN(Cc2c(C(=O)N=Nc3c(O)n(C)c4ccccc34)nnn2-c2nonc2N)CC1. The van der Waals surface area contributed by atoms with Crippen LogP contribution in [0.15, 0.2) is 39.1 Å². The van der Waals surface area contributed by atoms with Crippen LogP contribution in [0.1, 0.15) is 23.1 Å². The Morgan fingerprint density at radius 2 is 1.91 bits per heavy atom. The number of amides is 1. The van der Waals surface area contributed by atoms with Crippen LogP contribution < -0.4 is 5.73 Å². The maximum Gasteiger partial charge on any atom is 0.317 e. The quantitative estimate of drug-likeness (QED) is 0.386. The average molecular weight is 480 g/mol. The molecule has 3 aromatic heterocycles. The monoisotopic (exact) mass is 479 g/mol. The van der Waals surface area contributed by atoms with Crippen LogP contribution in [0.3, 0.4) is 0 Å². The smallest absolute Gasteiger partial charge is 0.317 e. The van der Waals surface area contributed by atoms with Gasteiger partial charge in [-0.05, 0) is 22.9 Å². The molecule has 0 radical (unpaired) electrons. The van der Waals surface area contributed by atoms with E-state index < -0.39 is 5.91 Å². The van der Waals surface area contributed by atoms with Gasteiger partial charge in [-0.15, -0.1) is 15.3 Å². The number of anilines is 1. The van der Waals surface area contributed by atoms with Crippen LogP contribution in [-0.2, 0) is 13.6 Å². The molecule has 4 aromatic rings. The lowest BCUT2D eigenvalue weighted by Crippen LogP contribution is -2.46. The van der Waals surface area contributed by atoms with E-state index in [0.29, 0.717) is 17.6 Å². The first-order valence-electron chi connectivity index (χ1n) is 11.2. The molecule has 0 atom stereocenters. The van der Waals surface area contributed by atoms with Crippen molar-refractivity contribution >= 4 is 28.3 Å². The highest BCUT2D eigenvalue weighted by molar-refractivity contribution is 5.97. The summed E-state index contributed by atoms with van der Waals surface area (Å²) in [6.45, 7) is 6.93. The van der Waals surface area contributed by atoms with Gasteiger partial charge in [-0.2, -0.15) is 4.68 Å². The van der Waals surface area contributed by atoms with Gasteiger partial charge in [-0.25, -0.2) is 4.63 Å². The van der Waals surface area contributed by atoms with E-state index in [4.69, 9.17) is 10.4 Å². The minimum atomic E-state index is -0.708. The largest absolute Gasteiger partial charge is 0.493 e. The summed E-state index contributed by atoms with van der Waals surface area (Å²) in [6, 6.07) is 7.31. The number of nitrogens with zero attached hydrogens (tertiary/aromatic N) is 10. The summed E-state index contributed by atoms with van der Waals surface area (Å²) in [7, 11) is 1.71. The van der Waals surface area contributed by atoms with E-state index in [2.05, 4.69) is 47.6 Å². The molecule has 1 aliphatic heterocycles. The number of fused-ring (bicyclic) bond motifs is 1. The first-order chi connectivity index (χ1) is 17.0. The highest BCUT2D eigenvalue weighted by Gasteiger charge is 2.27. The number of nitrogen functional groups attached to an aromatic ring is 1. The minimum absolute atomic E-state index is 0.00815. The zero-order chi connectivity index (χ0) is 24.5. The van der Waals surface area contributed by atoms with Gasteiger partial charge in [0.05, 0.1) is 11.2 Å². The fraction of sp³-hybridized carbons (Fsp3) is 0.381. The van der Waals surface area contributed by atoms with Gasteiger partial charge < -0.3 is 20.3 Å². The number of carbonyl (C=O) groups excluding carboxylic acids is 1. The highest BCUT2D eigenvalue weighted by Crippen LogP contribution is 2.37. The molecule has 1 fully saturated rings. The molecule has 3 N–H and O–H groups in total. The van der Waals surface area contributed by atoms with Crippen LogP contribution in [0.2, 0.25) is 0 Å². The Morgan fingerprint density at radius 3 is 2.63 bits per heavy atom. The molecule has 4 heterocycles. The number of azo groups is 1. The van der Waals surface area contributed by atoms with E-state index in [1.165, 1.54) is 4.68 Å². The zero-order valence-corrected chi connectivity index (χ0v) is 19.4. The van der Waals surface area contributed by atoms with E-state index >= 15 is 0 Å². The van der Waals surface area contributed by atoms with Gasteiger partial charge in [0.2, 0.25) is 17.5 Å². The van der Waals surface area contributed by atoms with Crippen LogP contribution in [0.4, 0.5) is 11.5 Å². The Labute approximate surface area is 199 Å². The van der Waals surface area contributed by atoms with E-state index in [1.54, 1.807) is 17.7 Å². The number of rotatable bonds is 6. The van der Waals surface area contributed by atoms with Crippen molar-refractivity contribution in [3.8, 4) is 11.7 Å². The van der Waals surface area contributed by atoms with Crippen molar-refractivity contribution in [1.29, 1.82) is 0 Å². The van der Waals surface area contributed by atoms with Crippen LogP contribution in [-0.4, -0.2) is 83.4 Å². The third-order valence-corrected chi connectivity index (χ3v) is 6.24. The number of likely N-dealkylation sites (N-methyl/N-ethyl adjacent to an activating group) is 1. The number of carbonyl (C=O) groups is 1. The van der Waals surface area contributed by atoms with Crippen molar-refractivity contribution in [2.75, 3.05) is 38.5 Å². The number of aromatic hydroxyl groups is 1. The van der Waals surface area contributed by atoms with Gasteiger partial charge in [0, 0.05) is 45.2 Å². The Morgan fingerprint density at radius 1 is 1.17 bits per heavy atom. The minimum Gasteiger partial charge on any atom is -0.493 e. The van der Waals surface area contributed by atoms with Crippen molar-refractivity contribution in [2.45, 2.75) is 13.5 Å². The number of benzene rings is 1. The summed E-state index contributed by atoms with van der Waals surface area (Å²) in [5.41, 5.74) is 7.29. The van der Waals surface area contributed by atoms with Crippen molar-refractivity contribution < 1.29 is 14.5 Å². The normalized spacial score (nSPS) is 15.5. The molecule has 0 spiro atoms. The van der Waals surface area contributed by atoms with Gasteiger partial charge in [0.1, 0.15) is 0 Å². The fourth-order valence-electron chi connectivity index (χ4n) is 4.19. The molecule has 14 nitrogen and oxygen atoms in total. The lowest BCUT2D eigenvalue weighted by molar-refractivity contribution is 0.0985. The third-order valence-electron chi connectivity index (χ3n) is 6.24. The van der Waals surface area contributed by atoms with Crippen LogP contribution in [0.25, 0.3) is 16.7 Å². The Hall–Kier alpha value is -4.17. The Balaban J connectivity index is 1.48. The number of aryl methyl sites for hydroxylation is 1. The summed E-state index contributed by atoms with van der Waals surface area (Å²) in [6.07, 6.45) is 0. The maximum atomic E-state index is 13.1. The van der Waals surface area contributed by atoms with E-state index in [-0.39, 0.29) is 28.9 Å². The molecule has 0 bridgehead atoms. The topological polar surface area (TPSA) is 169 Å². The average Bonchev–Trinajstić information content (AvgIpc) is 3.55. The number of piperazine rings is 1. The molecule has 5 rings (SSSR count). The molecule has 182 valence electrons. The van der Waals surface area contributed by atoms with Crippen molar-refractivity contribution in [3.63, 3.8) is 0 Å². The predicted octanol–water partition coefficient (Wildman–Crippen LogP) is 1.49. The molecule has 0 aliphatic carbocycles. The van der Waals surface area contributed by atoms with Crippen molar-refractivity contribution in [2.24, 2.45) is 17.3 Å². The Kier molecular flexibility index (Phi) is 5.96. The van der Waals surface area contributed by atoms with Crippen LogP contribution in [0, 0.1) is 0 Å². The zero-order valence-electron chi connectivity index (χ0n) is 19.4. The first-order valence-corrected chi connectivity index (χ1v) is 11.2.